The summed E-state index contributed by atoms with van der Waals surface area (Å²) in [5, 5.41) is 4.66. The van der Waals surface area contributed by atoms with E-state index < -0.39 is 0 Å². The van der Waals surface area contributed by atoms with Crippen LogP contribution in [0, 0.1) is 0 Å². The molecule has 0 saturated carbocycles. The second-order valence-electron chi connectivity index (χ2n) is 4.75. The minimum atomic E-state index is -0.203. The van der Waals surface area contributed by atoms with Crippen molar-refractivity contribution in [3.63, 3.8) is 0 Å². The summed E-state index contributed by atoms with van der Waals surface area (Å²) >= 11 is 0. The summed E-state index contributed by atoms with van der Waals surface area (Å²) in [4.78, 5) is 0. The van der Waals surface area contributed by atoms with Gasteiger partial charge in [-0.15, -0.1) is 0 Å². The van der Waals surface area contributed by atoms with E-state index in [1.165, 1.54) is 17.0 Å². The molecule has 0 N–H and O–H groups in total. The first-order valence-electron chi connectivity index (χ1n) is 6.59. The highest BCUT2D eigenvalue weighted by atomic mass is 16.5. The minimum absolute atomic E-state index is 0.203. The topological polar surface area (TPSA) is 27.1 Å². The van der Waals surface area contributed by atoms with Gasteiger partial charge in [-0.1, -0.05) is 26.0 Å². The van der Waals surface area contributed by atoms with Gasteiger partial charge in [-0.2, -0.15) is 5.10 Å². The summed E-state index contributed by atoms with van der Waals surface area (Å²) in [5.41, 5.74) is 3.56. The van der Waals surface area contributed by atoms with Gasteiger partial charge in [-0.3, -0.25) is 4.68 Å². The van der Waals surface area contributed by atoms with Crippen LogP contribution in [-0.2, 0) is 23.3 Å². The minimum Gasteiger partial charge on any atom is -0.369 e. The molecule has 1 aliphatic heterocycles. The molecule has 0 bridgehead atoms. The molecule has 0 fully saturated rings. The standard InChI is InChI=1S/C12H16N2O.C2H6/c1-12(2)11-9-5-3-6-10(9)13-14(11)7-4-8-15-12;1-2/h3,5H,4,6-8H2,1-2H3;1-2H3. The van der Waals surface area contributed by atoms with Gasteiger partial charge < -0.3 is 4.74 Å². The Bertz CT molecular complexity index is 430. The molecule has 1 aromatic heterocycles. The Hall–Kier alpha value is -1.09. The van der Waals surface area contributed by atoms with Crippen molar-refractivity contribution in [3.05, 3.63) is 23.0 Å². The van der Waals surface area contributed by atoms with Gasteiger partial charge >= 0.3 is 0 Å². The third-order valence-electron chi connectivity index (χ3n) is 3.21. The number of hydrogen-bond donors (Lipinski definition) is 0. The summed E-state index contributed by atoms with van der Waals surface area (Å²) in [6.45, 7) is 10.1. The van der Waals surface area contributed by atoms with E-state index in [2.05, 4.69) is 35.8 Å². The fraction of sp³-hybridized carbons (Fsp3) is 0.643. The van der Waals surface area contributed by atoms with E-state index in [0.29, 0.717) is 0 Å². The van der Waals surface area contributed by atoms with Crippen LogP contribution in [-0.4, -0.2) is 16.4 Å². The first-order chi connectivity index (χ1) is 8.18. The van der Waals surface area contributed by atoms with Gasteiger partial charge in [-0.25, -0.2) is 0 Å². The number of hydrogen-bond acceptors (Lipinski definition) is 2. The smallest absolute Gasteiger partial charge is 0.105 e. The van der Waals surface area contributed by atoms with Crippen molar-refractivity contribution in [1.82, 2.24) is 9.78 Å². The highest BCUT2D eigenvalue weighted by molar-refractivity contribution is 5.61. The van der Waals surface area contributed by atoms with Crippen molar-refractivity contribution in [2.75, 3.05) is 6.61 Å². The molecule has 2 heterocycles. The molecule has 0 spiro atoms. The zero-order valence-corrected chi connectivity index (χ0v) is 11.3. The predicted molar refractivity (Wildman–Crippen MR) is 69.9 cm³/mol. The summed E-state index contributed by atoms with van der Waals surface area (Å²) in [6.07, 6.45) is 6.40. The Kier molecular flexibility index (Phi) is 3.38. The lowest BCUT2D eigenvalue weighted by Gasteiger charge is -2.24. The molecule has 0 radical (unpaired) electrons. The van der Waals surface area contributed by atoms with Crippen LogP contribution in [0.15, 0.2) is 6.08 Å². The van der Waals surface area contributed by atoms with Crippen LogP contribution in [0.4, 0.5) is 0 Å². The molecular weight excluding hydrogens is 212 g/mol. The fourth-order valence-electron chi connectivity index (χ4n) is 2.55. The maximum atomic E-state index is 5.91. The third-order valence-corrected chi connectivity index (χ3v) is 3.21. The van der Waals surface area contributed by atoms with E-state index >= 15 is 0 Å². The molecule has 94 valence electrons. The third kappa shape index (κ3) is 2.04. The number of allylic oxidation sites excluding steroid dienone is 1. The number of rotatable bonds is 0. The molecule has 3 heteroatoms. The van der Waals surface area contributed by atoms with Gasteiger partial charge in [0.15, 0.2) is 0 Å². The number of aromatic nitrogens is 2. The number of aryl methyl sites for hydroxylation is 1. The van der Waals surface area contributed by atoms with E-state index in [9.17, 15) is 0 Å². The molecule has 0 saturated heterocycles. The second-order valence-corrected chi connectivity index (χ2v) is 4.75. The Balaban J connectivity index is 0.000000514. The van der Waals surface area contributed by atoms with Crippen LogP contribution in [0.3, 0.4) is 0 Å². The highest BCUT2D eigenvalue weighted by Crippen LogP contribution is 2.35. The van der Waals surface area contributed by atoms with E-state index in [4.69, 9.17) is 4.74 Å². The zero-order chi connectivity index (χ0) is 12.5. The molecule has 2 aliphatic rings. The van der Waals surface area contributed by atoms with Gasteiger partial charge in [0.05, 0.1) is 11.4 Å². The second kappa shape index (κ2) is 4.65. The summed E-state index contributed by atoms with van der Waals surface area (Å²) in [5.74, 6) is 0. The number of ether oxygens (including phenoxy) is 1. The van der Waals surface area contributed by atoms with Crippen LogP contribution in [0.2, 0.25) is 0 Å². The highest BCUT2D eigenvalue weighted by Gasteiger charge is 2.33. The van der Waals surface area contributed by atoms with E-state index in [-0.39, 0.29) is 5.60 Å². The Morgan fingerprint density at radius 1 is 1.35 bits per heavy atom. The molecule has 0 amide bonds. The average Bonchev–Trinajstić information content (AvgIpc) is 2.82. The molecule has 0 unspecified atom stereocenters. The Morgan fingerprint density at radius 2 is 2.12 bits per heavy atom. The van der Waals surface area contributed by atoms with Crippen LogP contribution in [0.25, 0.3) is 6.08 Å². The first-order valence-corrected chi connectivity index (χ1v) is 6.59. The summed E-state index contributed by atoms with van der Waals surface area (Å²) in [7, 11) is 0. The molecule has 3 nitrogen and oxygen atoms in total. The van der Waals surface area contributed by atoms with Crippen molar-refractivity contribution in [1.29, 1.82) is 0 Å². The molecule has 1 aromatic rings. The van der Waals surface area contributed by atoms with Crippen molar-refractivity contribution < 1.29 is 4.74 Å². The van der Waals surface area contributed by atoms with E-state index in [1.807, 2.05) is 13.8 Å². The largest absolute Gasteiger partial charge is 0.369 e. The van der Waals surface area contributed by atoms with Gasteiger partial charge in [-0.05, 0) is 20.3 Å². The lowest BCUT2D eigenvalue weighted by molar-refractivity contribution is -0.0192. The number of fused-ring (bicyclic) bond motifs is 3. The van der Waals surface area contributed by atoms with E-state index in [1.54, 1.807) is 0 Å². The van der Waals surface area contributed by atoms with Gasteiger partial charge in [0.1, 0.15) is 5.60 Å². The molecule has 0 atom stereocenters. The maximum absolute atomic E-state index is 5.91. The van der Waals surface area contributed by atoms with Crippen LogP contribution in [0.5, 0.6) is 0 Å². The molecular formula is C14H22N2O. The van der Waals surface area contributed by atoms with Crippen molar-refractivity contribution in [3.8, 4) is 0 Å². The predicted octanol–water partition coefficient (Wildman–Crippen LogP) is 3.13. The normalized spacial score (nSPS) is 20.0. The monoisotopic (exact) mass is 234 g/mol. The lowest BCUT2D eigenvalue weighted by Crippen LogP contribution is -2.24. The van der Waals surface area contributed by atoms with Gasteiger partial charge in [0, 0.05) is 25.1 Å². The molecule has 0 aromatic carbocycles. The zero-order valence-electron chi connectivity index (χ0n) is 11.3. The summed E-state index contributed by atoms with van der Waals surface area (Å²) in [6, 6.07) is 0. The van der Waals surface area contributed by atoms with Crippen molar-refractivity contribution in [2.45, 2.75) is 52.7 Å². The molecule has 1 aliphatic carbocycles. The SMILES string of the molecule is CC.CC1(C)OCCCn2nc3c(c21)C=CC3. The number of nitrogens with zero attached hydrogens (tertiary/aromatic N) is 2. The van der Waals surface area contributed by atoms with Crippen LogP contribution >= 0.6 is 0 Å². The van der Waals surface area contributed by atoms with Gasteiger partial charge in [0.2, 0.25) is 0 Å². The van der Waals surface area contributed by atoms with Crippen molar-refractivity contribution >= 4 is 6.08 Å². The lowest BCUT2D eigenvalue weighted by atomic mass is 10.00. The van der Waals surface area contributed by atoms with Gasteiger partial charge in [0.25, 0.3) is 0 Å². The Labute approximate surface area is 103 Å². The molecule has 17 heavy (non-hydrogen) atoms. The quantitative estimate of drug-likeness (QED) is 0.689. The summed E-state index contributed by atoms with van der Waals surface area (Å²) < 4.78 is 8.05. The Morgan fingerprint density at radius 3 is 2.88 bits per heavy atom. The van der Waals surface area contributed by atoms with E-state index in [0.717, 1.165) is 26.0 Å². The average molecular weight is 234 g/mol. The van der Waals surface area contributed by atoms with Crippen LogP contribution < -0.4 is 0 Å². The first kappa shape index (κ1) is 12.4. The molecule has 3 rings (SSSR count). The van der Waals surface area contributed by atoms with Crippen LogP contribution in [0.1, 0.15) is 51.1 Å². The maximum Gasteiger partial charge on any atom is 0.105 e. The van der Waals surface area contributed by atoms with Crippen molar-refractivity contribution in [2.24, 2.45) is 0 Å². The fourth-order valence-corrected chi connectivity index (χ4v) is 2.55.